The Labute approximate surface area is 114 Å². The maximum absolute atomic E-state index is 11.6. The lowest BCUT2D eigenvalue weighted by molar-refractivity contribution is 0.00578. The Bertz CT molecular complexity index is 540. The fourth-order valence-electron chi connectivity index (χ4n) is 1.53. The number of hydrogen-bond acceptors (Lipinski definition) is 5. The van der Waals surface area contributed by atoms with E-state index in [0.717, 1.165) is 11.3 Å². The largest absolute Gasteiger partial charge is 0.495 e. The van der Waals surface area contributed by atoms with E-state index < -0.39 is 24.3 Å². The molecule has 1 aliphatic rings. The lowest BCUT2D eigenvalue weighted by atomic mass is 9.81. The zero-order valence-corrected chi connectivity index (χ0v) is 11.9. The quantitative estimate of drug-likeness (QED) is 0.607. The van der Waals surface area contributed by atoms with Crippen LogP contribution in [0.15, 0.2) is 11.4 Å². The van der Waals surface area contributed by atoms with Crippen molar-refractivity contribution < 1.29 is 21.6 Å². The summed E-state index contributed by atoms with van der Waals surface area (Å²) in [4.78, 5) is 11.7. The molecule has 6 heteroatoms. The second-order valence-electron chi connectivity index (χ2n) is 5.15. The van der Waals surface area contributed by atoms with Gasteiger partial charge in [-0.25, -0.2) is 4.79 Å². The molecule has 1 aromatic rings. The fourth-order valence-corrected chi connectivity index (χ4v) is 2.22. The monoisotopic (exact) mass is 270 g/mol. The molecule has 98 valence electrons. The standard InChI is InChI=1S/C12H17BO4S/c1-11(2)12(3,4)17-13(16-11)8-6-9(18-7-8)10(14)15-5/h6-7H,1-5H3/i6D,7D. The van der Waals surface area contributed by atoms with E-state index in [4.69, 9.17) is 12.1 Å². The van der Waals surface area contributed by atoms with Crippen molar-refractivity contribution in [3.05, 3.63) is 16.3 Å². The van der Waals surface area contributed by atoms with E-state index in [1.54, 1.807) is 0 Å². The summed E-state index contributed by atoms with van der Waals surface area (Å²) in [5.41, 5.74) is -0.817. The number of carbonyl (C=O) groups is 1. The minimum atomic E-state index is -0.811. The van der Waals surface area contributed by atoms with Gasteiger partial charge in [0, 0.05) is 0 Å². The van der Waals surface area contributed by atoms with Crippen molar-refractivity contribution in [2.75, 3.05) is 7.11 Å². The molecule has 18 heavy (non-hydrogen) atoms. The van der Waals surface area contributed by atoms with E-state index in [1.165, 1.54) is 7.11 Å². The van der Waals surface area contributed by atoms with Gasteiger partial charge in [0.2, 0.25) is 0 Å². The minimum absolute atomic E-state index is 0.0506. The summed E-state index contributed by atoms with van der Waals surface area (Å²) in [6, 6.07) is -0.0506. The van der Waals surface area contributed by atoms with Gasteiger partial charge in [0.25, 0.3) is 0 Å². The van der Waals surface area contributed by atoms with Crippen molar-refractivity contribution in [3.63, 3.8) is 0 Å². The summed E-state index contributed by atoms with van der Waals surface area (Å²) >= 11 is 0.905. The number of rotatable bonds is 2. The fraction of sp³-hybridized carbons (Fsp3) is 0.583. The third-order valence-electron chi connectivity index (χ3n) is 3.37. The van der Waals surface area contributed by atoms with Crippen LogP contribution in [0.2, 0.25) is 0 Å². The van der Waals surface area contributed by atoms with E-state index in [-0.39, 0.29) is 21.7 Å². The van der Waals surface area contributed by atoms with Crippen molar-refractivity contribution in [3.8, 4) is 0 Å². The van der Waals surface area contributed by atoms with Gasteiger partial charge >= 0.3 is 13.1 Å². The molecule has 0 radical (unpaired) electrons. The van der Waals surface area contributed by atoms with Gasteiger partial charge in [-0.1, -0.05) is 0 Å². The smallest absolute Gasteiger partial charge is 0.465 e. The molecular formula is C12H17BO4S. The summed E-state index contributed by atoms with van der Waals surface area (Å²) in [7, 11) is 0.439. The molecule has 1 saturated heterocycles. The SMILES string of the molecule is [2H]c1sc(C(=O)OC)c([2H])c1B1OC(C)(C)C(C)(C)O1. The molecule has 1 fully saturated rings. The minimum Gasteiger partial charge on any atom is -0.465 e. The number of esters is 1. The average Bonchev–Trinajstić information content (AvgIpc) is 2.72. The third kappa shape index (κ3) is 2.20. The van der Waals surface area contributed by atoms with E-state index in [0.29, 0.717) is 0 Å². The Morgan fingerprint density at radius 3 is 2.44 bits per heavy atom. The summed E-state index contributed by atoms with van der Waals surface area (Å²) in [5.74, 6) is -0.615. The Kier molecular flexibility index (Phi) is 2.67. The van der Waals surface area contributed by atoms with E-state index in [1.807, 2.05) is 27.7 Å². The Hall–Kier alpha value is -0.845. The molecule has 0 aliphatic carbocycles. The Morgan fingerprint density at radius 2 is 1.94 bits per heavy atom. The predicted molar refractivity (Wildman–Crippen MR) is 71.4 cm³/mol. The second-order valence-corrected chi connectivity index (χ2v) is 5.97. The number of hydrogen-bond donors (Lipinski definition) is 0. The predicted octanol–water partition coefficient (Wildman–Crippen LogP) is 1.83. The lowest BCUT2D eigenvalue weighted by Gasteiger charge is -2.32. The van der Waals surface area contributed by atoms with Crippen molar-refractivity contribution in [1.29, 1.82) is 0 Å². The molecule has 1 aromatic heterocycles. The molecule has 0 aromatic carbocycles. The molecule has 0 atom stereocenters. The van der Waals surface area contributed by atoms with Crippen LogP contribution in [0.3, 0.4) is 0 Å². The van der Waals surface area contributed by atoms with Gasteiger partial charge in [0.15, 0.2) is 0 Å². The van der Waals surface area contributed by atoms with Crippen LogP contribution in [0.25, 0.3) is 0 Å². The van der Waals surface area contributed by atoms with Crippen LogP contribution < -0.4 is 5.46 Å². The normalized spacial score (nSPS) is 22.6. The maximum Gasteiger partial charge on any atom is 0.495 e. The number of methoxy groups -OCH3 is 1. The number of thiophene rings is 1. The highest BCUT2D eigenvalue weighted by Gasteiger charge is 2.51. The highest BCUT2D eigenvalue weighted by atomic mass is 32.1. The number of ether oxygens (including phenoxy) is 1. The van der Waals surface area contributed by atoms with Crippen LogP contribution in [-0.2, 0) is 14.0 Å². The molecule has 4 nitrogen and oxygen atoms in total. The van der Waals surface area contributed by atoms with Gasteiger partial charge in [-0.2, -0.15) is 0 Å². The van der Waals surface area contributed by atoms with Crippen molar-refractivity contribution in [2.24, 2.45) is 0 Å². The van der Waals surface area contributed by atoms with Gasteiger partial charge in [0.1, 0.15) is 4.88 Å². The first kappa shape index (κ1) is 11.0. The molecule has 2 rings (SSSR count). The molecule has 1 aliphatic heterocycles. The molecule has 0 spiro atoms. The third-order valence-corrected chi connectivity index (χ3v) is 4.17. The van der Waals surface area contributed by atoms with Crippen LogP contribution in [0.1, 0.15) is 40.1 Å². The number of carbonyl (C=O) groups excluding carboxylic acids is 1. The maximum atomic E-state index is 11.6. The lowest BCUT2D eigenvalue weighted by Crippen LogP contribution is -2.41. The topological polar surface area (TPSA) is 44.8 Å². The van der Waals surface area contributed by atoms with Gasteiger partial charge in [-0.05, 0) is 44.6 Å². The van der Waals surface area contributed by atoms with Crippen LogP contribution >= 0.6 is 11.3 Å². The first-order valence-electron chi connectivity index (χ1n) is 6.64. The van der Waals surface area contributed by atoms with Gasteiger partial charge in [0.05, 0.1) is 21.1 Å². The van der Waals surface area contributed by atoms with E-state index in [2.05, 4.69) is 4.74 Å². The molecule has 0 unspecified atom stereocenters. The average molecular weight is 270 g/mol. The first-order valence-corrected chi connectivity index (χ1v) is 6.46. The van der Waals surface area contributed by atoms with Crippen LogP contribution in [0, 0.1) is 0 Å². The molecule has 0 amide bonds. The molecule has 0 N–H and O–H groups in total. The summed E-state index contributed by atoms with van der Waals surface area (Å²) < 4.78 is 32.3. The molecular weight excluding hydrogens is 251 g/mol. The van der Waals surface area contributed by atoms with Crippen molar-refractivity contribution in [1.82, 2.24) is 0 Å². The van der Waals surface area contributed by atoms with Gasteiger partial charge < -0.3 is 14.0 Å². The van der Waals surface area contributed by atoms with E-state index in [9.17, 15) is 4.79 Å². The summed E-state index contributed by atoms with van der Waals surface area (Å²) in [5, 5.41) is 0.0916. The molecule has 0 bridgehead atoms. The highest BCUT2D eigenvalue weighted by molar-refractivity contribution is 7.13. The zero-order chi connectivity index (χ0) is 15.3. The van der Waals surface area contributed by atoms with Gasteiger partial charge in [-0.3, -0.25) is 0 Å². The summed E-state index contributed by atoms with van der Waals surface area (Å²) in [6.07, 6.45) is 0. The molecule has 2 heterocycles. The van der Waals surface area contributed by atoms with Crippen molar-refractivity contribution in [2.45, 2.75) is 38.9 Å². The zero-order valence-electron chi connectivity index (χ0n) is 13.1. The van der Waals surface area contributed by atoms with Crippen LogP contribution in [-0.4, -0.2) is 31.4 Å². The van der Waals surface area contributed by atoms with Gasteiger partial charge in [-0.15, -0.1) is 11.3 Å². The Morgan fingerprint density at radius 1 is 1.39 bits per heavy atom. The highest BCUT2D eigenvalue weighted by Crippen LogP contribution is 2.36. The van der Waals surface area contributed by atoms with Crippen LogP contribution in [0.5, 0.6) is 0 Å². The first-order chi connectivity index (χ1) is 9.10. The van der Waals surface area contributed by atoms with Crippen molar-refractivity contribution >= 4 is 29.9 Å². The van der Waals surface area contributed by atoms with Crippen LogP contribution in [0.4, 0.5) is 0 Å². The Balaban J connectivity index is 2.41. The second kappa shape index (κ2) is 4.37. The van der Waals surface area contributed by atoms with E-state index >= 15 is 0 Å². The molecule has 0 saturated carbocycles. The summed E-state index contributed by atoms with van der Waals surface area (Å²) in [6.45, 7) is 7.59.